The number of nitrogens with one attached hydrogen (secondary N) is 2. The maximum atomic E-state index is 4.78. The second-order valence-electron chi connectivity index (χ2n) is 5.59. The third-order valence-electron chi connectivity index (χ3n) is 3.40. The number of guanidine groups is 1. The summed E-state index contributed by atoms with van der Waals surface area (Å²) in [5, 5.41) is 7.95. The van der Waals surface area contributed by atoms with Gasteiger partial charge in [-0.15, -0.1) is 11.3 Å². The number of aromatic nitrogens is 1. The number of rotatable bonds is 5. The van der Waals surface area contributed by atoms with E-state index >= 15 is 0 Å². The first-order valence-electron chi connectivity index (χ1n) is 7.63. The lowest BCUT2D eigenvalue weighted by molar-refractivity contribution is 0.674. The average molecular weight is 294 g/mol. The molecule has 0 atom stereocenters. The Morgan fingerprint density at radius 2 is 2.15 bits per heavy atom. The highest BCUT2D eigenvalue weighted by Crippen LogP contribution is 2.27. The van der Waals surface area contributed by atoms with E-state index in [2.05, 4.69) is 29.5 Å². The summed E-state index contributed by atoms with van der Waals surface area (Å²) in [7, 11) is 1.81. The molecule has 0 saturated heterocycles. The highest BCUT2D eigenvalue weighted by atomic mass is 32.1. The van der Waals surface area contributed by atoms with Crippen molar-refractivity contribution in [2.24, 2.45) is 4.99 Å². The Kier molecular flexibility index (Phi) is 5.83. The number of fused-ring (bicyclic) bond motifs is 1. The molecule has 2 N–H and O–H groups in total. The summed E-state index contributed by atoms with van der Waals surface area (Å²) in [4.78, 5) is 10.5. The highest BCUT2D eigenvalue weighted by Gasteiger charge is 2.14. The third kappa shape index (κ3) is 4.47. The fourth-order valence-corrected chi connectivity index (χ4v) is 3.63. The van der Waals surface area contributed by atoms with Crippen LogP contribution in [-0.2, 0) is 19.3 Å². The van der Waals surface area contributed by atoms with Gasteiger partial charge in [-0.2, -0.15) is 0 Å². The number of nitrogens with zero attached hydrogens (tertiary/aromatic N) is 2. The van der Waals surface area contributed by atoms with Crippen LogP contribution in [0.25, 0.3) is 0 Å². The predicted molar refractivity (Wildman–Crippen MR) is 86.7 cm³/mol. The van der Waals surface area contributed by atoms with Crippen molar-refractivity contribution in [2.45, 2.75) is 58.4 Å². The summed E-state index contributed by atoms with van der Waals surface area (Å²) in [5.41, 5.74) is 1.38. The average Bonchev–Trinajstić information content (AvgIpc) is 2.84. The molecule has 0 aromatic carbocycles. The molecule has 2 rings (SSSR count). The van der Waals surface area contributed by atoms with Gasteiger partial charge in [-0.3, -0.25) is 4.99 Å². The number of aliphatic imine (C=N–C) groups is 1. The lowest BCUT2D eigenvalue weighted by Crippen LogP contribution is -2.41. The largest absolute Gasteiger partial charge is 0.356 e. The van der Waals surface area contributed by atoms with Gasteiger partial charge in [-0.05, 0) is 46.0 Å². The van der Waals surface area contributed by atoms with Gasteiger partial charge in [-0.1, -0.05) is 0 Å². The Morgan fingerprint density at radius 1 is 1.35 bits per heavy atom. The van der Waals surface area contributed by atoms with Crippen molar-refractivity contribution in [3.05, 3.63) is 15.6 Å². The molecule has 1 aromatic heterocycles. The van der Waals surface area contributed by atoms with Gasteiger partial charge in [0, 0.05) is 30.9 Å². The Bertz CT molecular complexity index is 427. The smallest absolute Gasteiger partial charge is 0.191 e. The first kappa shape index (κ1) is 15.3. The highest BCUT2D eigenvalue weighted by molar-refractivity contribution is 7.11. The first-order chi connectivity index (χ1) is 9.69. The molecule has 4 nitrogen and oxygen atoms in total. The zero-order valence-corrected chi connectivity index (χ0v) is 13.6. The number of aryl methyl sites for hydroxylation is 3. The molecular weight excluding hydrogens is 268 g/mol. The van der Waals surface area contributed by atoms with Crippen molar-refractivity contribution in [2.75, 3.05) is 13.6 Å². The molecule has 1 aromatic rings. The number of thiazole rings is 1. The molecule has 1 aliphatic carbocycles. The SMILES string of the molecule is CN=C(NCCCc1nc2c(s1)CCCC2)NC(C)C. The van der Waals surface area contributed by atoms with Gasteiger partial charge in [0.1, 0.15) is 0 Å². The van der Waals surface area contributed by atoms with E-state index < -0.39 is 0 Å². The lowest BCUT2D eigenvalue weighted by atomic mass is 10.0. The molecule has 5 heteroatoms. The van der Waals surface area contributed by atoms with Crippen LogP contribution < -0.4 is 10.6 Å². The zero-order chi connectivity index (χ0) is 14.4. The van der Waals surface area contributed by atoms with E-state index in [0.29, 0.717) is 6.04 Å². The molecule has 0 unspecified atom stereocenters. The van der Waals surface area contributed by atoms with Crippen molar-refractivity contribution in [3.63, 3.8) is 0 Å². The zero-order valence-electron chi connectivity index (χ0n) is 12.8. The van der Waals surface area contributed by atoms with E-state index in [1.165, 1.54) is 41.3 Å². The van der Waals surface area contributed by atoms with Crippen LogP contribution in [0.15, 0.2) is 4.99 Å². The first-order valence-corrected chi connectivity index (χ1v) is 8.45. The summed E-state index contributed by atoms with van der Waals surface area (Å²) in [6.07, 6.45) is 7.27. The molecule has 1 aliphatic rings. The molecule has 0 amide bonds. The third-order valence-corrected chi connectivity index (χ3v) is 4.62. The van der Waals surface area contributed by atoms with Crippen LogP contribution in [-0.4, -0.2) is 30.6 Å². The molecular formula is C15H26N4S. The monoisotopic (exact) mass is 294 g/mol. The van der Waals surface area contributed by atoms with Gasteiger partial charge in [0.15, 0.2) is 5.96 Å². The molecule has 112 valence electrons. The van der Waals surface area contributed by atoms with Crippen LogP contribution in [0, 0.1) is 0 Å². The quantitative estimate of drug-likeness (QED) is 0.498. The van der Waals surface area contributed by atoms with Crippen LogP contribution in [0.2, 0.25) is 0 Å². The predicted octanol–water partition coefficient (Wildman–Crippen LogP) is 2.53. The molecule has 20 heavy (non-hydrogen) atoms. The summed E-state index contributed by atoms with van der Waals surface area (Å²) < 4.78 is 0. The standard InChI is InChI=1S/C15H26N4S/c1-11(2)18-15(16-3)17-10-6-9-14-19-12-7-4-5-8-13(12)20-14/h11H,4-10H2,1-3H3,(H2,16,17,18). The lowest BCUT2D eigenvalue weighted by Gasteiger charge is -2.13. The van der Waals surface area contributed by atoms with Crippen LogP contribution in [0.4, 0.5) is 0 Å². The fourth-order valence-electron chi connectivity index (χ4n) is 2.43. The van der Waals surface area contributed by atoms with E-state index in [-0.39, 0.29) is 0 Å². The van der Waals surface area contributed by atoms with E-state index in [1.54, 1.807) is 0 Å². The topological polar surface area (TPSA) is 49.3 Å². The maximum Gasteiger partial charge on any atom is 0.191 e. The summed E-state index contributed by atoms with van der Waals surface area (Å²) >= 11 is 1.93. The van der Waals surface area contributed by atoms with E-state index in [4.69, 9.17) is 4.98 Å². The normalized spacial score (nSPS) is 15.3. The van der Waals surface area contributed by atoms with E-state index in [0.717, 1.165) is 25.3 Å². The van der Waals surface area contributed by atoms with Crippen LogP contribution >= 0.6 is 11.3 Å². The Labute approximate surface area is 126 Å². The molecule has 0 radical (unpaired) electrons. The van der Waals surface area contributed by atoms with Gasteiger partial charge in [0.05, 0.1) is 10.7 Å². The second-order valence-corrected chi connectivity index (χ2v) is 6.75. The minimum absolute atomic E-state index is 0.409. The molecule has 1 heterocycles. The Balaban J connectivity index is 1.72. The fraction of sp³-hybridized carbons (Fsp3) is 0.733. The van der Waals surface area contributed by atoms with Crippen molar-refractivity contribution in [3.8, 4) is 0 Å². The molecule has 0 aliphatic heterocycles. The van der Waals surface area contributed by atoms with Crippen LogP contribution in [0.5, 0.6) is 0 Å². The van der Waals surface area contributed by atoms with Gasteiger partial charge in [0.25, 0.3) is 0 Å². The van der Waals surface area contributed by atoms with Crippen molar-refractivity contribution >= 4 is 17.3 Å². The van der Waals surface area contributed by atoms with Crippen LogP contribution in [0.1, 0.15) is 48.7 Å². The van der Waals surface area contributed by atoms with Crippen molar-refractivity contribution < 1.29 is 0 Å². The maximum absolute atomic E-state index is 4.78. The molecule has 0 spiro atoms. The number of hydrogen-bond donors (Lipinski definition) is 2. The minimum atomic E-state index is 0.409. The molecule has 0 fully saturated rings. The van der Waals surface area contributed by atoms with E-state index in [1.807, 2.05) is 18.4 Å². The van der Waals surface area contributed by atoms with Gasteiger partial charge < -0.3 is 10.6 Å². The van der Waals surface area contributed by atoms with Gasteiger partial charge in [-0.25, -0.2) is 4.98 Å². The van der Waals surface area contributed by atoms with Crippen LogP contribution in [0.3, 0.4) is 0 Å². The minimum Gasteiger partial charge on any atom is -0.356 e. The van der Waals surface area contributed by atoms with E-state index in [9.17, 15) is 0 Å². The Hall–Kier alpha value is -1.10. The molecule has 0 bridgehead atoms. The summed E-state index contributed by atoms with van der Waals surface area (Å²) in [5.74, 6) is 0.887. The Morgan fingerprint density at radius 3 is 2.85 bits per heavy atom. The van der Waals surface area contributed by atoms with Gasteiger partial charge in [0.2, 0.25) is 0 Å². The van der Waals surface area contributed by atoms with Crippen molar-refractivity contribution in [1.29, 1.82) is 0 Å². The van der Waals surface area contributed by atoms with Crippen molar-refractivity contribution in [1.82, 2.24) is 15.6 Å². The number of hydrogen-bond acceptors (Lipinski definition) is 3. The molecule has 0 saturated carbocycles. The second kappa shape index (κ2) is 7.62. The summed E-state index contributed by atoms with van der Waals surface area (Å²) in [6.45, 7) is 5.18. The summed E-state index contributed by atoms with van der Waals surface area (Å²) in [6, 6.07) is 0.409. The van der Waals surface area contributed by atoms with Gasteiger partial charge >= 0.3 is 0 Å².